The van der Waals surface area contributed by atoms with Crippen molar-refractivity contribution >= 4 is 17.1 Å². The zero-order valence-electron chi connectivity index (χ0n) is 16.8. The van der Waals surface area contributed by atoms with E-state index in [1.54, 1.807) is 5.57 Å². The maximum atomic E-state index is 4.75. The molecular formula is C26H28N2. The standard InChI is InChI=1S/C26H28N2/c1-4-26(5-2)19(3)25-27(20-13-7-6-8-14-20)23-17-11-12-18-24(23)28(25)22-16-10-9-15-21(22)26/h6-15,17-18,22,25H,3-5,16H2,1-2H3. The Morgan fingerprint density at radius 2 is 1.64 bits per heavy atom. The normalized spacial score (nSPS) is 24.5. The number of benzene rings is 2. The molecule has 1 aliphatic carbocycles. The Labute approximate surface area is 168 Å². The number of para-hydroxylation sites is 3. The van der Waals surface area contributed by atoms with Crippen molar-refractivity contribution in [2.45, 2.75) is 45.3 Å². The van der Waals surface area contributed by atoms with Crippen molar-refractivity contribution < 1.29 is 0 Å². The molecule has 0 bridgehead atoms. The van der Waals surface area contributed by atoms with Gasteiger partial charge in [-0.25, -0.2) is 0 Å². The summed E-state index contributed by atoms with van der Waals surface area (Å²) in [4.78, 5) is 5.14. The highest BCUT2D eigenvalue weighted by atomic mass is 15.4. The van der Waals surface area contributed by atoms with Gasteiger partial charge in [0.15, 0.2) is 0 Å². The van der Waals surface area contributed by atoms with E-state index >= 15 is 0 Å². The fourth-order valence-corrected chi connectivity index (χ4v) is 5.71. The molecule has 0 spiro atoms. The lowest BCUT2D eigenvalue weighted by Gasteiger charge is -2.55. The van der Waals surface area contributed by atoms with Crippen LogP contribution in [0.3, 0.4) is 0 Å². The molecule has 5 rings (SSSR count). The van der Waals surface area contributed by atoms with Crippen molar-refractivity contribution in [2.24, 2.45) is 5.41 Å². The van der Waals surface area contributed by atoms with Crippen LogP contribution in [0.5, 0.6) is 0 Å². The number of hydrogen-bond acceptors (Lipinski definition) is 2. The molecule has 2 aliphatic heterocycles. The molecule has 0 N–H and O–H groups in total. The van der Waals surface area contributed by atoms with Gasteiger partial charge in [0.2, 0.25) is 0 Å². The molecule has 0 aromatic heterocycles. The minimum absolute atomic E-state index is 0.0612. The largest absolute Gasteiger partial charge is 0.338 e. The quantitative estimate of drug-likeness (QED) is 0.563. The molecule has 0 radical (unpaired) electrons. The van der Waals surface area contributed by atoms with Gasteiger partial charge in [-0.15, -0.1) is 0 Å². The number of allylic oxidation sites excluding steroid dienone is 2. The lowest BCUT2D eigenvalue weighted by atomic mass is 9.62. The Hall–Kier alpha value is -2.74. The zero-order valence-corrected chi connectivity index (χ0v) is 16.8. The van der Waals surface area contributed by atoms with Gasteiger partial charge in [0.25, 0.3) is 0 Å². The first-order chi connectivity index (χ1) is 13.7. The topological polar surface area (TPSA) is 6.48 Å². The monoisotopic (exact) mass is 368 g/mol. The summed E-state index contributed by atoms with van der Waals surface area (Å²) in [5.74, 6) is 0. The van der Waals surface area contributed by atoms with Crippen molar-refractivity contribution in [1.82, 2.24) is 0 Å². The number of rotatable bonds is 3. The van der Waals surface area contributed by atoms with Crippen molar-refractivity contribution in [2.75, 3.05) is 9.80 Å². The molecule has 2 unspecified atom stereocenters. The van der Waals surface area contributed by atoms with E-state index in [9.17, 15) is 0 Å². The molecule has 28 heavy (non-hydrogen) atoms. The summed E-state index contributed by atoms with van der Waals surface area (Å²) in [6.45, 7) is 9.41. The molecule has 0 saturated carbocycles. The first-order valence-electron chi connectivity index (χ1n) is 10.5. The second-order valence-corrected chi connectivity index (χ2v) is 8.09. The summed E-state index contributed by atoms with van der Waals surface area (Å²) < 4.78 is 0. The average molecular weight is 369 g/mol. The van der Waals surface area contributed by atoms with E-state index in [0.29, 0.717) is 6.04 Å². The fourth-order valence-electron chi connectivity index (χ4n) is 5.71. The summed E-state index contributed by atoms with van der Waals surface area (Å²) in [7, 11) is 0. The van der Waals surface area contributed by atoms with E-state index in [4.69, 9.17) is 6.58 Å². The van der Waals surface area contributed by atoms with Gasteiger partial charge in [-0.05, 0) is 54.7 Å². The van der Waals surface area contributed by atoms with E-state index < -0.39 is 0 Å². The van der Waals surface area contributed by atoms with Gasteiger partial charge in [-0.1, -0.05) is 69.0 Å². The molecule has 142 valence electrons. The number of nitrogens with zero attached hydrogens (tertiary/aromatic N) is 2. The number of piperidine rings is 1. The van der Waals surface area contributed by atoms with Gasteiger partial charge in [0, 0.05) is 11.1 Å². The third-order valence-corrected chi connectivity index (χ3v) is 7.11. The third kappa shape index (κ3) is 2.15. The van der Waals surface area contributed by atoms with Crippen LogP contribution >= 0.6 is 0 Å². The SMILES string of the molecule is C=C1C2N(c3ccccc3)c3ccccc3N2C2CC=CC=C2C1(CC)CC. The summed E-state index contributed by atoms with van der Waals surface area (Å²) >= 11 is 0. The van der Waals surface area contributed by atoms with Crippen LogP contribution in [0.15, 0.2) is 90.6 Å². The van der Waals surface area contributed by atoms with E-state index in [1.807, 2.05) is 0 Å². The maximum absolute atomic E-state index is 4.75. The lowest BCUT2D eigenvalue weighted by molar-refractivity contribution is 0.309. The van der Waals surface area contributed by atoms with Crippen LogP contribution in [0.1, 0.15) is 33.1 Å². The van der Waals surface area contributed by atoms with E-state index in [2.05, 4.69) is 96.5 Å². The second-order valence-electron chi connectivity index (χ2n) is 8.09. The van der Waals surface area contributed by atoms with E-state index in [1.165, 1.54) is 22.6 Å². The van der Waals surface area contributed by atoms with Crippen LogP contribution < -0.4 is 9.80 Å². The summed E-state index contributed by atoms with van der Waals surface area (Å²) in [6, 6.07) is 20.1. The van der Waals surface area contributed by atoms with Gasteiger partial charge < -0.3 is 9.80 Å². The smallest absolute Gasteiger partial charge is 0.130 e. The predicted octanol–water partition coefficient (Wildman–Crippen LogP) is 6.60. The van der Waals surface area contributed by atoms with E-state index in [-0.39, 0.29) is 11.6 Å². The first kappa shape index (κ1) is 17.4. The Balaban J connectivity index is 1.76. The minimum Gasteiger partial charge on any atom is -0.338 e. The highest BCUT2D eigenvalue weighted by molar-refractivity contribution is 5.87. The van der Waals surface area contributed by atoms with Crippen molar-refractivity contribution in [3.63, 3.8) is 0 Å². The summed E-state index contributed by atoms with van der Waals surface area (Å²) in [6.07, 6.45) is 10.4. The zero-order chi connectivity index (χ0) is 19.3. The minimum atomic E-state index is 0.0612. The summed E-state index contributed by atoms with van der Waals surface area (Å²) in [5, 5.41) is 0. The highest BCUT2D eigenvalue weighted by Crippen LogP contribution is 2.59. The molecule has 1 fully saturated rings. The molecule has 0 amide bonds. The molecule has 2 heterocycles. The third-order valence-electron chi connectivity index (χ3n) is 7.11. The van der Waals surface area contributed by atoms with Crippen molar-refractivity contribution in [3.05, 3.63) is 90.6 Å². The maximum Gasteiger partial charge on any atom is 0.130 e. The second kappa shape index (κ2) is 6.41. The number of anilines is 3. The molecule has 3 aliphatic rings. The lowest BCUT2D eigenvalue weighted by Crippen LogP contribution is -2.58. The predicted molar refractivity (Wildman–Crippen MR) is 119 cm³/mol. The van der Waals surface area contributed by atoms with Gasteiger partial charge in [0.05, 0.1) is 17.4 Å². The molecular weight excluding hydrogens is 340 g/mol. The van der Waals surface area contributed by atoms with Gasteiger partial charge in [-0.3, -0.25) is 0 Å². The van der Waals surface area contributed by atoms with Crippen LogP contribution in [0.25, 0.3) is 0 Å². The van der Waals surface area contributed by atoms with Crippen LogP contribution in [-0.2, 0) is 0 Å². The van der Waals surface area contributed by atoms with Crippen LogP contribution in [0.4, 0.5) is 17.1 Å². The molecule has 2 aromatic rings. The van der Waals surface area contributed by atoms with Crippen molar-refractivity contribution in [1.29, 1.82) is 0 Å². The Kier molecular flexibility index (Phi) is 3.97. The molecule has 2 heteroatoms. The van der Waals surface area contributed by atoms with Gasteiger partial charge in [-0.2, -0.15) is 0 Å². The van der Waals surface area contributed by atoms with Crippen LogP contribution in [0, 0.1) is 5.41 Å². The van der Waals surface area contributed by atoms with Crippen molar-refractivity contribution in [3.8, 4) is 0 Å². The number of fused-ring (bicyclic) bond motifs is 5. The first-order valence-corrected chi connectivity index (χ1v) is 10.5. The summed E-state index contributed by atoms with van der Waals surface area (Å²) in [5.41, 5.74) is 6.79. The Morgan fingerprint density at radius 1 is 0.964 bits per heavy atom. The molecule has 2 nitrogen and oxygen atoms in total. The fraction of sp³-hybridized carbons (Fsp3) is 0.308. The molecule has 1 saturated heterocycles. The highest BCUT2D eigenvalue weighted by Gasteiger charge is 2.54. The average Bonchev–Trinajstić information content (AvgIpc) is 3.11. The Bertz CT molecular complexity index is 965. The Morgan fingerprint density at radius 3 is 2.36 bits per heavy atom. The van der Waals surface area contributed by atoms with Gasteiger partial charge in [0.1, 0.15) is 6.17 Å². The molecule has 2 atom stereocenters. The van der Waals surface area contributed by atoms with Crippen LogP contribution in [0.2, 0.25) is 0 Å². The van der Waals surface area contributed by atoms with Crippen LogP contribution in [-0.4, -0.2) is 12.2 Å². The number of hydrogen-bond donors (Lipinski definition) is 0. The molecule has 2 aromatic carbocycles. The van der Waals surface area contributed by atoms with Gasteiger partial charge >= 0.3 is 0 Å². The van der Waals surface area contributed by atoms with E-state index in [0.717, 1.165) is 19.3 Å².